The van der Waals surface area contributed by atoms with Gasteiger partial charge in [0.25, 0.3) is 0 Å². The summed E-state index contributed by atoms with van der Waals surface area (Å²) < 4.78 is 10.5. The van der Waals surface area contributed by atoms with Gasteiger partial charge in [-0.25, -0.2) is 0 Å². The Balaban J connectivity index is 1.91. The third kappa shape index (κ3) is 4.90. The maximum atomic E-state index is 12.3. The highest BCUT2D eigenvalue weighted by atomic mass is 35.5. The van der Waals surface area contributed by atoms with E-state index in [1.807, 2.05) is 49.4 Å². The van der Waals surface area contributed by atoms with Crippen LogP contribution in [-0.2, 0) is 17.8 Å². The summed E-state index contributed by atoms with van der Waals surface area (Å²) in [5.41, 5.74) is 2.05. The molecule has 0 aliphatic rings. The molecule has 0 radical (unpaired) electrons. The van der Waals surface area contributed by atoms with Gasteiger partial charge in [0.2, 0.25) is 5.91 Å². The van der Waals surface area contributed by atoms with Crippen LogP contribution in [0, 0.1) is 5.92 Å². The summed E-state index contributed by atoms with van der Waals surface area (Å²) in [5, 5.41) is 3.66. The zero-order valence-electron chi connectivity index (χ0n) is 14.1. The van der Waals surface area contributed by atoms with Crippen LogP contribution in [-0.4, -0.2) is 20.1 Å². The highest BCUT2D eigenvalue weighted by Crippen LogP contribution is 2.27. The van der Waals surface area contributed by atoms with E-state index >= 15 is 0 Å². The predicted octanol–water partition coefficient (Wildman–Crippen LogP) is 3.85. The lowest BCUT2D eigenvalue weighted by molar-refractivity contribution is -0.124. The van der Waals surface area contributed by atoms with Crippen LogP contribution in [0.5, 0.6) is 11.5 Å². The van der Waals surface area contributed by atoms with Gasteiger partial charge in [-0.1, -0.05) is 36.7 Å². The molecule has 0 heterocycles. The smallest absolute Gasteiger partial charge is 0.223 e. The minimum Gasteiger partial charge on any atom is -0.493 e. The Bertz CT molecular complexity index is 686. The number of amides is 1. The quantitative estimate of drug-likeness (QED) is 0.827. The number of nitrogens with one attached hydrogen (secondary N) is 1. The predicted molar refractivity (Wildman–Crippen MR) is 95.7 cm³/mol. The van der Waals surface area contributed by atoms with E-state index in [9.17, 15) is 4.79 Å². The summed E-state index contributed by atoms with van der Waals surface area (Å²) in [4.78, 5) is 12.3. The molecule has 2 aromatic carbocycles. The molecule has 1 N–H and O–H groups in total. The van der Waals surface area contributed by atoms with E-state index < -0.39 is 0 Å². The summed E-state index contributed by atoms with van der Waals surface area (Å²) in [6.45, 7) is 2.36. The Morgan fingerprint density at radius 2 is 1.67 bits per heavy atom. The number of halogens is 1. The zero-order chi connectivity index (χ0) is 17.5. The molecule has 0 saturated heterocycles. The summed E-state index contributed by atoms with van der Waals surface area (Å²) >= 11 is 5.88. The van der Waals surface area contributed by atoms with Crippen LogP contribution in [0.3, 0.4) is 0 Å². The van der Waals surface area contributed by atoms with E-state index in [-0.39, 0.29) is 11.8 Å². The van der Waals surface area contributed by atoms with E-state index in [4.69, 9.17) is 21.1 Å². The van der Waals surface area contributed by atoms with Crippen molar-refractivity contribution in [3.63, 3.8) is 0 Å². The molecule has 0 fully saturated rings. The molecule has 2 rings (SSSR count). The van der Waals surface area contributed by atoms with Gasteiger partial charge in [0.05, 0.1) is 14.2 Å². The fraction of sp³-hybridized carbons (Fsp3) is 0.316. The van der Waals surface area contributed by atoms with Crippen molar-refractivity contribution in [2.24, 2.45) is 5.92 Å². The topological polar surface area (TPSA) is 47.6 Å². The SMILES string of the molecule is COc1ccc(CNC(=O)C(C)Cc2ccc(Cl)cc2)cc1OC. The average Bonchev–Trinajstić information content (AvgIpc) is 2.61. The lowest BCUT2D eigenvalue weighted by atomic mass is 10.0. The minimum absolute atomic E-state index is 0.0136. The van der Waals surface area contributed by atoms with Crippen molar-refractivity contribution in [2.45, 2.75) is 19.9 Å². The van der Waals surface area contributed by atoms with Gasteiger partial charge < -0.3 is 14.8 Å². The number of ether oxygens (including phenoxy) is 2. The molecule has 0 spiro atoms. The van der Waals surface area contributed by atoms with Gasteiger partial charge in [-0.15, -0.1) is 0 Å². The van der Waals surface area contributed by atoms with Crippen LogP contribution < -0.4 is 14.8 Å². The molecule has 0 bridgehead atoms. The molecule has 1 amide bonds. The standard InChI is InChI=1S/C19H22ClNO3/c1-13(10-14-4-7-16(20)8-5-14)19(22)21-12-15-6-9-17(23-2)18(11-15)24-3/h4-9,11,13H,10,12H2,1-3H3,(H,21,22). The maximum absolute atomic E-state index is 12.3. The Morgan fingerprint density at radius 1 is 1.04 bits per heavy atom. The number of rotatable bonds is 7. The van der Waals surface area contributed by atoms with Gasteiger partial charge in [0, 0.05) is 17.5 Å². The second kappa shape index (κ2) is 8.60. The number of carbonyl (C=O) groups excluding carboxylic acids is 1. The van der Waals surface area contributed by atoms with Gasteiger partial charge in [0.15, 0.2) is 11.5 Å². The van der Waals surface area contributed by atoms with Gasteiger partial charge in [-0.3, -0.25) is 4.79 Å². The van der Waals surface area contributed by atoms with Crippen molar-refractivity contribution in [3.05, 3.63) is 58.6 Å². The van der Waals surface area contributed by atoms with Crippen LogP contribution in [0.4, 0.5) is 0 Å². The number of hydrogen-bond donors (Lipinski definition) is 1. The molecular formula is C19H22ClNO3. The number of methoxy groups -OCH3 is 2. The molecule has 1 atom stereocenters. The molecular weight excluding hydrogens is 326 g/mol. The van der Waals surface area contributed by atoms with Gasteiger partial charge in [-0.05, 0) is 41.8 Å². The molecule has 128 valence electrons. The Morgan fingerprint density at radius 3 is 2.29 bits per heavy atom. The van der Waals surface area contributed by atoms with E-state index in [1.165, 1.54) is 0 Å². The van der Waals surface area contributed by atoms with Gasteiger partial charge in [0.1, 0.15) is 0 Å². The highest BCUT2D eigenvalue weighted by molar-refractivity contribution is 6.30. The first-order chi connectivity index (χ1) is 11.5. The van der Waals surface area contributed by atoms with E-state index in [0.29, 0.717) is 29.5 Å². The summed E-state index contributed by atoms with van der Waals surface area (Å²) in [6.07, 6.45) is 0.676. The fourth-order valence-corrected chi connectivity index (χ4v) is 2.55. The van der Waals surface area contributed by atoms with Crippen molar-refractivity contribution < 1.29 is 14.3 Å². The van der Waals surface area contributed by atoms with Gasteiger partial charge in [-0.2, -0.15) is 0 Å². The first kappa shape index (κ1) is 18.1. The largest absolute Gasteiger partial charge is 0.493 e. The molecule has 0 saturated carbocycles. The minimum atomic E-state index is -0.119. The summed E-state index contributed by atoms with van der Waals surface area (Å²) in [5.74, 6) is 1.22. The van der Waals surface area contributed by atoms with Gasteiger partial charge >= 0.3 is 0 Å². The molecule has 1 unspecified atom stereocenters. The van der Waals surface area contributed by atoms with Crippen molar-refractivity contribution >= 4 is 17.5 Å². The number of hydrogen-bond acceptors (Lipinski definition) is 3. The van der Waals surface area contributed by atoms with Crippen molar-refractivity contribution in [1.82, 2.24) is 5.32 Å². The monoisotopic (exact) mass is 347 g/mol. The van der Waals surface area contributed by atoms with Crippen LogP contribution in [0.25, 0.3) is 0 Å². The first-order valence-electron chi connectivity index (χ1n) is 7.76. The third-order valence-corrected chi connectivity index (χ3v) is 4.07. The lowest BCUT2D eigenvalue weighted by Gasteiger charge is -2.14. The van der Waals surface area contributed by atoms with E-state index in [2.05, 4.69) is 5.32 Å². The number of benzene rings is 2. The Hall–Kier alpha value is -2.20. The zero-order valence-corrected chi connectivity index (χ0v) is 14.9. The molecule has 24 heavy (non-hydrogen) atoms. The van der Waals surface area contributed by atoms with E-state index in [0.717, 1.165) is 11.1 Å². The lowest BCUT2D eigenvalue weighted by Crippen LogP contribution is -2.29. The third-order valence-electron chi connectivity index (χ3n) is 3.82. The summed E-state index contributed by atoms with van der Waals surface area (Å²) in [6, 6.07) is 13.2. The van der Waals surface area contributed by atoms with Crippen LogP contribution in [0.15, 0.2) is 42.5 Å². The maximum Gasteiger partial charge on any atom is 0.223 e. The molecule has 5 heteroatoms. The van der Waals surface area contributed by atoms with E-state index in [1.54, 1.807) is 14.2 Å². The normalized spacial score (nSPS) is 11.7. The summed E-state index contributed by atoms with van der Waals surface area (Å²) in [7, 11) is 3.19. The van der Waals surface area contributed by atoms with Crippen molar-refractivity contribution in [1.29, 1.82) is 0 Å². The van der Waals surface area contributed by atoms with Crippen LogP contribution in [0.1, 0.15) is 18.1 Å². The molecule has 2 aromatic rings. The second-order valence-corrected chi connectivity index (χ2v) is 6.08. The van der Waals surface area contributed by atoms with Crippen LogP contribution >= 0.6 is 11.6 Å². The Labute approximate surface area is 147 Å². The average molecular weight is 348 g/mol. The Kier molecular flexibility index (Phi) is 6.50. The van der Waals surface area contributed by atoms with Crippen LogP contribution in [0.2, 0.25) is 5.02 Å². The highest BCUT2D eigenvalue weighted by Gasteiger charge is 2.14. The van der Waals surface area contributed by atoms with Crippen molar-refractivity contribution in [3.8, 4) is 11.5 Å². The molecule has 0 aliphatic heterocycles. The van der Waals surface area contributed by atoms with Crippen molar-refractivity contribution in [2.75, 3.05) is 14.2 Å². The second-order valence-electron chi connectivity index (χ2n) is 5.64. The molecule has 0 aromatic heterocycles. The first-order valence-corrected chi connectivity index (χ1v) is 8.14. The fourth-order valence-electron chi connectivity index (χ4n) is 2.42. The molecule has 4 nitrogen and oxygen atoms in total. The number of carbonyl (C=O) groups is 1. The molecule has 0 aliphatic carbocycles.